The number of imidazole rings is 1. The lowest BCUT2D eigenvalue weighted by molar-refractivity contribution is -0.130. The molecule has 156 valence electrons. The van der Waals surface area contributed by atoms with Crippen molar-refractivity contribution in [2.45, 2.75) is 13.0 Å². The number of ether oxygens (including phenoxy) is 2. The molecule has 0 radical (unpaired) electrons. The average molecular weight is 405 g/mol. The molecular formula is C24H27N3O3. The van der Waals surface area contributed by atoms with E-state index in [2.05, 4.69) is 13.2 Å². The number of nitrogens with zero attached hydrogens (tertiary/aromatic N) is 3. The summed E-state index contributed by atoms with van der Waals surface area (Å²) in [5.41, 5.74) is 2.81. The highest BCUT2D eigenvalue weighted by Crippen LogP contribution is 2.29. The van der Waals surface area contributed by atoms with Crippen molar-refractivity contribution in [3.05, 3.63) is 79.2 Å². The third-order valence-electron chi connectivity index (χ3n) is 4.89. The van der Waals surface area contributed by atoms with E-state index in [0.717, 1.165) is 22.4 Å². The van der Waals surface area contributed by atoms with Gasteiger partial charge in [0.25, 0.3) is 0 Å². The first-order valence-corrected chi connectivity index (χ1v) is 9.75. The van der Waals surface area contributed by atoms with Gasteiger partial charge in [0.05, 0.1) is 25.3 Å². The SMILES string of the molecule is C=CCN(CC=C)C(=O)Cn1c(Cc2ccc(OC)c(OC)c2)nc2ccccc21. The zero-order chi connectivity index (χ0) is 21.5. The van der Waals surface area contributed by atoms with Crippen LogP contribution in [0.2, 0.25) is 0 Å². The lowest BCUT2D eigenvalue weighted by Gasteiger charge is -2.20. The van der Waals surface area contributed by atoms with Gasteiger partial charge in [0, 0.05) is 19.5 Å². The van der Waals surface area contributed by atoms with Crippen LogP contribution in [0.15, 0.2) is 67.8 Å². The van der Waals surface area contributed by atoms with E-state index < -0.39 is 0 Å². The molecule has 1 aromatic heterocycles. The topological polar surface area (TPSA) is 56.6 Å². The number of hydrogen-bond donors (Lipinski definition) is 0. The van der Waals surface area contributed by atoms with E-state index in [0.29, 0.717) is 31.0 Å². The minimum atomic E-state index is -0.00786. The predicted molar refractivity (Wildman–Crippen MR) is 119 cm³/mol. The number of rotatable bonds is 10. The molecule has 0 spiro atoms. The molecule has 6 nitrogen and oxygen atoms in total. The highest BCUT2D eigenvalue weighted by molar-refractivity contribution is 5.81. The summed E-state index contributed by atoms with van der Waals surface area (Å²) in [6.45, 7) is 8.64. The number of benzene rings is 2. The first-order valence-electron chi connectivity index (χ1n) is 9.75. The second-order valence-electron chi connectivity index (χ2n) is 6.85. The second-order valence-corrected chi connectivity index (χ2v) is 6.85. The fraction of sp³-hybridized carbons (Fsp3) is 0.250. The Morgan fingerprint density at radius 3 is 2.43 bits per heavy atom. The van der Waals surface area contributed by atoms with Crippen molar-refractivity contribution in [1.82, 2.24) is 14.5 Å². The van der Waals surface area contributed by atoms with E-state index >= 15 is 0 Å². The fourth-order valence-corrected chi connectivity index (χ4v) is 3.44. The van der Waals surface area contributed by atoms with Gasteiger partial charge in [0.15, 0.2) is 11.5 Å². The summed E-state index contributed by atoms with van der Waals surface area (Å²) in [5.74, 6) is 2.15. The summed E-state index contributed by atoms with van der Waals surface area (Å²) in [4.78, 5) is 19.5. The van der Waals surface area contributed by atoms with Crippen molar-refractivity contribution >= 4 is 16.9 Å². The third-order valence-corrected chi connectivity index (χ3v) is 4.89. The van der Waals surface area contributed by atoms with Crippen LogP contribution in [0, 0.1) is 0 Å². The Labute approximate surface area is 177 Å². The Morgan fingerprint density at radius 2 is 1.77 bits per heavy atom. The van der Waals surface area contributed by atoms with Gasteiger partial charge in [-0.2, -0.15) is 0 Å². The Kier molecular flexibility index (Phi) is 6.91. The second kappa shape index (κ2) is 9.78. The van der Waals surface area contributed by atoms with Crippen LogP contribution in [0.3, 0.4) is 0 Å². The van der Waals surface area contributed by atoms with Gasteiger partial charge in [-0.15, -0.1) is 13.2 Å². The van der Waals surface area contributed by atoms with Crippen LogP contribution in [0.4, 0.5) is 0 Å². The van der Waals surface area contributed by atoms with Crippen molar-refractivity contribution in [3.63, 3.8) is 0 Å². The summed E-state index contributed by atoms with van der Waals surface area (Å²) in [7, 11) is 3.23. The van der Waals surface area contributed by atoms with Crippen molar-refractivity contribution in [1.29, 1.82) is 0 Å². The van der Waals surface area contributed by atoms with Crippen molar-refractivity contribution in [2.24, 2.45) is 0 Å². The van der Waals surface area contributed by atoms with Gasteiger partial charge in [-0.25, -0.2) is 4.98 Å². The van der Waals surface area contributed by atoms with E-state index in [1.807, 2.05) is 47.0 Å². The molecular weight excluding hydrogens is 378 g/mol. The number of aromatic nitrogens is 2. The van der Waals surface area contributed by atoms with Gasteiger partial charge >= 0.3 is 0 Å². The van der Waals surface area contributed by atoms with Crippen LogP contribution >= 0.6 is 0 Å². The fourth-order valence-electron chi connectivity index (χ4n) is 3.44. The van der Waals surface area contributed by atoms with Crippen LogP contribution in [0.5, 0.6) is 11.5 Å². The van der Waals surface area contributed by atoms with Crippen molar-refractivity contribution < 1.29 is 14.3 Å². The van der Waals surface area contributed by atoms with Crippen molar-refractivity contribution in [3.8, 4) is 11.5 Å². The number of para-hydroxylation sites is 2. The molecule has 0 aliphatic carbocycles. The molecule has 0 aliphatic heterocycles. The monoisotopic (exact) mass is 405 g/mol. The summed E-state index contributed by atoms with van der Waals surface area (Å²) < 4.78 is 12.7. The van der Waals surface area contributed by atoms with Gasteiger partial charge in [0.2, 0.25) is 5.91 Å². The number of carbonyl (C=O) groups excluding carboxylic acids is 1. The van der Waals surface area contributed by atoms with Gasteiger partial charge in [0.1, 0.15) is 12.4 Å². The van der Waals surface area contributed by atoms with E-state index in [9.17, 15) is 4.79 Å². The Bertz CT molecular complexity index is 1050. The Morgan fingerprint density at radius 1 is 1.07 bits per heavy atom. The van der Waals surface area contributed by atoms with Crippen LogP contribution in [-0.4, -0.2) is 47.7 Å². The maximum atomic E-state index is 13.0. The zero-order valence-electron chi connectivity index (χ0n) is 17.5. The predicted octanol–water partition coefficient (Wildman–Crippen LogP) is 3.84. The zero-order valence-corrected chi connectivity index (χ0v) is 17.5. The first kappa shape index (κ1) is 21.2. The van der Waals surface area contributed by atoms with Crippen LogP contribution in [-0.2, 0) is 17.8 Å². The number of amides is 1. The molecule has 6 heteroatoms. The van der Waals surface area contributed by atoms with E-state index in [-0.39, 0.29) is 12.5 Å². The molecule has 0 saturated carbocycles. The summed E-state index contributed by atoms with van der Waals surface area (Å²) >= 11 is 0. The van der Waals surface area contributed by atoms with Gasteiger partial charge in [-0.05, 0) is 29.8 Å². The first-order chi connectivity index (χ1) is 14.6. The molecule has 3 aromatic rings. The largest absolute Gasteiger partial charge is 0.493 e. The van der Waals surface area contributed by atoms with Crippen LogP contribution < -0.4 is 9.47 Å². The molecule has 3 rings (SSSR count). The normalized spacial score (nSPS) is 10.6. The summed E-state index contributed by atoms with van der Waals surface area (Å²) in [6.07, 6.45) is 4.00. The van der Waals surface area contributed by atoms with Gasteiger partial charge < -0.3 is 18.9 Å². The highest BCUT2D eigenvalue weighted by Gasteiger charge is 2.18. The molecule has 2 aromatic carbocycles. The van der Waals surface area contributed by atoms with E-state index in [1.165, 1.54) is 0 Å². The van der Waals surface area contributed by atoms with Crippen LogP contribution in [0.25, 0.3) is 11.0 Å². The summed E-state index contributed by atoms with van der Waals surface area (Å²) in [6, 6.07) is 13.6. The Balaban J connectivity index is 1.96. The number of hydrogen-bond acceptors (Lipinski definition) is 4. The molecule has 0 aliphatic rings. The number of fused-ring (bicyclic) bond motifs is 1. The molecule has 0 bridgehead atoms. The standard InChI is InChI=1S/C24H27N3O3/c1-5-13-26(14-6-2)24(28)17-27-20-10-8-7-9-19(20)25-23(27)16-18-11-12-21(29-3)22(15-18)30-4/h5-12,15H,1-2,13-14,16-17H2,3-4H3. The van der Waals surface area contributed by atoms with Crippen molar-refractivity contribution in [2.75, 3.05) is 27.3 Å². The lowest BCUT2D eigenvalue weighted by atomic mass is 10.1. The average Bonchev–Trinajstić information content (AvgIpc) is 3.10. The quantitative estimate of drug-likeness (QED) is 0.481. The summed E-state index contributed by atoms with van der Waals surface area (Å²) in [5, 5.41) is 0. The molecule has 1 amide bonds. The third kappa shape index (κ3) is 4.54. The number of methoxy groups -OCH3 is 2. The maximum absolute atomic E-state index is 13.0. The molecule has 0 fully saturated rings. The molecule has 0 atom stereocenters. The van der Waals surface area contributed by atoms with E-state index in [4.69, 9.17) is 14.5 Å². The van der Waals surface area contributed by atoms with Gasteiger partial charge in [-0.3, -0.25) is 4.79 Å². The molecule has 30 heavy (non-hydrogen) atoms. The smallest absolute Gasteiger partial charge is 0.243 e. The molecule has 0 saturated heterocycles. The number of carbonyl (C=O) groups is 1. The highest BCUT2D eigenvalue weighted by atomic mass is 16.5. The lowest BCUT2D eigenvalue weighted by Crippen LogP contribution is -2.34. The molecule has 0 unspecified atom stereocenters. The minimum absolute atomic E-state index is 0.00786. The van der Waals surface area contributed by atoms with Crippen LogP contribution in [0.1, 0.15) is 11.4 Å². The van der Waals surface area contributed by atoms with Gasteiger partial charge in [-0.1, -0.05) is 30.4 Å². The maximum Gasteiger partial charge on any atom is 0.243 e. The Hall–Kier alpha value is -3.54. The van der Waals surface area contributed by atoms with E-state index in [1.54, 1.807) is 31.3 Å². The molecule has 1 heterocycles. The molecule has 0 N–H and O–H groups in total. The minimum Gasteiger partial charge on any atom is -0.493 e.